The summed E-state index contributed by atoms with van der Waals surface area (Å²) in [5, 5.41) is 19.1. The highest BCUT2D eigenvalue weighted by atomic mass is 15.2. The standard InChI is InChI=1S/C50H30N4/c1-3-13-33-29(11-1)21-22-31-23-24-32(27-39(31)33)49-51-41-18-8-5-16-36(41)50(52-49)54-44-28-40-35-15-6-9-19-42(35)53-43-20-10-7-17-37(43)46(48(40)53)45(44)38-26-25-30-12-2-4-14-34(30)47(38)54/h1-28,50H,(H,51,52)/t50-/m0/s1. The van der Waals surface area contributed by atoms with Crippen molar-refractivity contribution in [2.24, 2.45) is 4.99 Å². The first kappa shape index (κ1) is 28.4. The van der Waals surface area contributed by atoms with E-state index in [1.807, 2.05) is 0 Å². The molecule has 13 rings (SSSR count). The number of nitrogens with one attached hydrogen (secondary N) is 1. The number of hydrogen-bond donors (Lipinski definition) is 1. The predicted molar refractivity (Wildman–Crippen MR) is 227 cm³/mol. The van der Waals surface area contributed by atoms with Crippen LogP contribution in [-0.2, 0) is 0 Å². The van der Waals surface area contributed by atoms with Crippen LogP contribution in [0.25, 0.3) is 92.2 Å². The molecule has 0 amide bonds. The van der Waals surface area contributed by atoms with Crippen LogP contribution in [0.2, 0.25) is 0 Å². The van der Waals surface area contributed by atoms with Crippen LogP contribution in [0.5, 0.6) is 0 Å². The largest absolute Gasteiger partial charge is 0.345 e. The van der Waals surface area contributed by atoms with Gasteiger partial charge in [0.05, 0.1) is 33.3 Å². The van der Waals surface area contributed by atoms with Gasteiger partial charge < -0.3 is 14.3 Å². The molecule has 0 spiro atoms. The lowest BCUT2D eigenvalue weighted by Gasteiger charge is -2.30. The highest BCUT2D eigenvalue weighted by Crippen LogP contribution is 2.48. The lowest BCUT2D eigenvalue weighted by molar-refractivity contribution is 0.579. The van der Waals surface area contributed by atoms with Gasteiger partial charge in [-0.2, -0.15) is 0 Å². The van der Waals surface area contributed by atoms with Gasteiger partial charge in [0, 0.05) is 48.8 Å². The van der Waals surface area contributed by atoms with Crippen molar-refractivity contribution in [1.29, 1.82) is 0 Å². The van der Waals surface area contributed by atoms with Crippen LogP contribution >= 0.6 is 0 Å². The Balaban J connectivity index is 1.17. The lowest BCUT2D eigenvalue weighted by Crippen LogP contribution is -2.36. The fourth-order valence-electron chi connectivity index (χ4n) is 9.75. The van der Waals surface area contributed by atoms with Gasteiger partial charge in [-0.15, -0.1) is 0 Å². The average Bonchev–Trinajstić information content (AvgIpc) is 3.88. The topological polar surface area (TPSA) is 33.7 Å². The highest BCUT2D eigenvalue weighted by molar-refractivity contribution is 6.37. The van der Waals surface area contributed by atoms with Gasteiger partial charge in [0.25, 0.3) is 0 Å². The second kappa shape index (κ2) is 10.2. The van der Waals surface area contributed by atoms with Crippen LogP contribution in [0.1, 0.15) is 17.3 Å². The second-order valence-electron chi connectivity index (χ2n) is 14.8. The number of aromatic nitrogens is 2. The fourth-order valence-corrected chi connectivity index (χ4v) is 9.75. The molecule has 0 saturated heterocycles. The molecule has 4 heteroatoms. The van der Waals surface area contributed by atoms with E-state index in [-0.39, 0.29) is 6.17 Å². The normalized spacial score (nSPS) is 14.7. The Morgan fingerprint density at radius 1 is 0.426 bits per heavy atom. The second-order valence-corrected chi connectivity index (χ2v) is 14.8. The van der Waals surface area contributed by atoms with Crippen LogP contribution in [-0.4, -0.2) is 14.8 Å². The van der Waals surface area contributed by atoms with Crippen molar-refractivity contribution in [3.8, 4) is 0 Å². The first-order valence-electron chi connectivity index (χ1n) is 18.7. The Bertz CT molecular complexity index is 3600. The monoisotopic (exact) mass is 686 g/mol. The molecule has 1 N–H and O–H groups in total. The highest BCUT2D eigenvalue weighted by Gasteiger charge is 2.30. The van der Waals surface area contributed by atoms with Crippen molar-refractivity contribution in [3.63, 3.8) is 0 Å². The zero-order valence-corrected chi connectivity index (χ0v) is 29.1. The molecule has 0 radical (unpaired) electrons. The Morgan fingerprint density at radius 2 is 1.06 bits per heavy atom. The molecular formula is C50H30N4. The van der Waals surface area contributed by atoms with Crippen molar-refractivity contribution in [2.75, 3.05) is 0 Å². The van der Waals surface area contributed by atoms with E-state index in [1.165, 1.54) is 92.2 Å². The van der Waals surface area contributed by atoms with Gasteiger partial charge >= 0.3 is 0 Å². The quantitative estimate of drug-likeness (QED) is 0.180. The number of benzene rings is 9. The number of hydrogen-bond acceptors (Lipinski definition) is 2. The van der Waals surface area contributed by atoms with E-state index in [2.05, 4.69) is 184 Å². The van der Waals surface area contributed by atoms with Gasteiger partial charge in [-0.3, -0.25) is 0 Å². The Kier molecular flexibility index (Phi) is 5.39. The molecule has 54 heavy (non-hydrogen) atoms. The summed E-state index contributed by atoms with van der Waals surface area (Å²) in [4.78, 5) is 5.33. The maximum atomic E-state index is 5.33. The van der Waals surface area contributed by atoms with Crippen LogP contribution < -0.4 is 5.32 Å². The lowest BCUT2D eigenvalue weighted by atomic mass is 9.99. The van der Waals surface area contributed by atoms with E-state index in [4.69, 9.17) is 4.99 Å². The molecule has 1 atom stereocenters. The van der Waals surface area contributed by atoms with Crippen molar-refractivity contribution in [3.05, 3.63) is 181 Å². The molecular weight excluding hydrogens is 657 g/mol. The van der Waals surface area contributed by atoms with E-state index >= 15 is 0 Å². The molecule has 9 aromatic carbocycles. The minimum atomic E-state index is -0.225. The number of aliphatic imine (C=N–C) groups is 1. The van der Waals surface area contributed by atoms with Crippen molar-refractivity contribution >= 4 is 104 Å². The minimum absolute atomic E-state index is 0.225. The van der Waals surface area contributed by atoms with Crippen molar-refractivity contribution in [1.82, 2.24) is 14.3 Å². The molecule has 4 nitrogen and oxygen atoms in total. The SMILES string of the molecule is c1ccc2c(c1)N=C(c1ccc3ccc4ccccc4c3c1)N[C@H]2n1c2cc3c4ccccc4n4c5ccccc5c(c2c2ccc5ccccc5c21)c34. The molecule has 1 aliphatic rings. The van der Waals surface area contributed by atoms with E-state index < -0.39 is 0 Å². The number of nitrogens with zero attached hydrogens (tertiary/aromatic N) is 3. The third-order valence-electron chi connectivity index (χ3n) is 12.0. The van der Waals surface area contributed by atoms with Gasteiger partial charge in [-0.25, -0.2) is 4.99 Å². The minimum Gasteiger partial charge on any atom is -0.345 e. The van der Waals surface area contributed by atoms with Crippen LogP contribution in [0, 0.1) is 0 Å². The molecule has 12 aromatic rings. The first-order chi connectivity index (χ1) is 26.8. The molecule has 4 heterocycles. The zero-order chi connectivity index (χ0) is 35.1. The molecule has 0 aliphatic carbocycles. The number of amidine groups is 1. The summed E-state index contributed by atoms with van der Waals surface area (Å²) in [6.45, 7) is 0. The third-order valence-corrected chi connectivity index (χ3v) is 12.0. The summed E-state index contributed by atoms with van der Waals surface area (Å²) >= 11 is 0. The van der Waals surface area contributed by atoms with Crippen molar-refractivity contribution < 1.29 is 0 Å². The van der Waals surface area contributed by atoms with Gasteiger partial charge in [0.2, 0.25) is 0 Å². The maximum Gasteiger partial charge on any atom is 0.135 e. The van der Waals surface area contributed by atoms with Gasteiger partial charge in [0.15, 0.2) is 0 Å². The summed E-state index contributed by atoms with van der Waals surface area (Å²) in [6.07, 6.45) is -0.225. The number of fused-ring (bicyclic) bond motifs is 16. The van der Waals surface area contributed by atoms with E-state index in [0.29, 0.717) is 0 Å². The summed E-state index contributed by atoms with van der Waals surface area (Å²) in [5.41, 5.74) is 9.42. The molecule has 0 saturated carbocycles. The van der Waals surface area contributed by atoms with Gasteiger partial charge in [0.1, 0.15) is 12.0 Å². The van der Waals surface area contributed by atoms with Crippen molar-refractivity contribution in [2.45, 2.75) is 6.17 Å². The van der Waals surface area contributed by atoms with E-state index in [9.17, 15) is 0 Å². The average molecular weight is 687 g/mol. The van der Waals surface area contributed by atoms with Gasteiger partial charge in [-0.05, 0) is 57.3 Å². The molecule has 250 valence electrons. The van der Waals surface area contributed by atoms with Gasteiger partial charge in [-0.1, -0.05) is 140 Å². The molecule has 0 bridgehead atoms. The van der Waals surface area contributed by atoms with E-state index in [0.717, 1.165) is 22.6 Å². The Hall–Kier alpha value is -7.17. The summed E-state index contributed by atoms with van der Waals surface area (Å²) in [6, 6.07) is 62.2. The summed E-state index contributed by atoms with van der Waals surface area (Å²) in [5.74, 6) is 0.872. The number of para-hydroxylation sites is 3. The molecule has 1 aliphatic heterocycles. The Morgan fingerprint density at radius 3 is 1.91 bits per heavy atom. The number of rotatable bonds is 2. The van der Waals surface area contributed by atoms with Crippen LogP contribution in [0.3, 0.4) is 0 Å². The van der Waals surface area contributed by atoms with E-state index in [1.54, 1.807) is 0 Å². The smallest absolute Gasteiger partial charge is 0.135 e. The summed E-state index contributed by atoms with van der Waals surface area (Å²) < 4.78 is 5.07. The molecule has 0 unspecified atom stereocenters. The van der Waals surface area contributed by atoms with Crippen LogP contribution in [0.15, 0.2) is 175 Å². The third kappa shape index (κ3) is 3.59. The molecule has 3 aromatic heterocycles. The fraction of sp³-hybridized carbons (Fsp3) is 0.0200. The Labute approximate surface area is 309 Å². The summed E-state index contributed by atoms with van der Waals surface area (Å²) in [7, 11) is 0. The zero-order valence-electron chi connectivity index (χ0n) is 29.1. The first-order valence-corrected chi connectivity index (χ1v) is 18.7. The maximum absolute atomic E-state index is 5.33. The molecule has 0 fully saturated rings. The van der Waals surface area contributed by atoms with Crippen LogP contribution in [0.4, 0.5) is 5.69 Å². The predicted octanol–water partition coefficient (Wildman–Crippen LogP) is 12.6.